The summed E-state index contributed by atoms with van der Waals surface area (Å²) in [7, 11) is 0. The summed E-state index contributed by atoms with van der Waals surface area (Å²) in [4.78, 5) is 49.9. The number of ketones is 2. The third-order valence-electron chi connectivity index (χ3n) is 4.65. The van der Waals surface area contributed by atoms with Crippen LogP contribution in [0, 0.1) is 5.82 Å². The third kappa shape index (κ3) is 3.37. The standard InChI is InChI=1S/C23H14FNO5/c24-17-10-4-3-8-15(17)23(29)30-12-19(26)25-18-11-5-9-16-20(18)22(28)14-7-2-1-6-13(14)21(16)27/h1-11H,12H2,(H,25,26). The Bertz CT molecular complexity index is 1220. The molecular formula is C23H14FNO5. The number of anilines is 1. The quantitative estimate of drug-likeness (QED) is 0.528. The van der Waals surface area contributed by atoms with Crippen molar-refractivity contribution in [2.24, 2.45) is 0 Å². The molecule has 0 fully saturated rings. The van der Waals surface area contributed by atoms with Gasteiger partial charge < -0.3 is 10.1 Å². The van der Waals surface area contributed by atoms with Crippen LogP contribution >= 0.6 is 0 Å². The minimum atomic E-state index is -0.987. The SMILES string of the molecule is O=C(COC(=O)c1ccccc1F)Nc1cccc2c1C(=O)c1ccccc1C2=O. The fourth-order valence-electron chi connectivity index (χ4n) is 3.27. The summed E-state index contributed by atoms with van der Waals surface area (Å²) in [6.45, 7) is -0.685. The van der Waals surface area contributed by atoms with Crippen molar-refractivity contribution in [3.8, 4) is 0 Å². The Kier molecular flexibility index (Phi) is 4.93. The molecule has 0 saturated heterocycles. The van der Waals surface area contributed by atoms with Gasteiger partial charge >= 0.3 is 5.97 Å². The van der Waals surface area contributed by atoms with Crippen molar-refractivity contribution in [2.45, 2.75) is 0 Å². The molecule has 0 spiro atoms. The number of benzene rings is 3. The minimum Gasteiger partial charge on any atom is -0.452 e. The lowest BCUT2D eigenvalue weighted by Gasteiger charge is -2.20. The Morgan fingerprint density at radius 2 is 1.43 bits per heavy atom. The Morgan fingerprint density at radius 3 is 2.17 bits per heavy atom. The van der Waals surface area contributed by atoms with Gasteiger partial charge in [0.2, 0.25) is 0 Å². The minimum absolute atomic E-state index is 0.0787. The van der Waals surface area contributed by atoms with Gasteiger partial charge in [0.15, 0.2) is 18.2 Å². The van der Waals surface area contributed by atoms with E-state index in [1.165, 1.54) is 30.3 Å². The maximum atomic E-state index is 13.6. The summed E-state index contributed by atoms with van der Waals surface area (Å²) in [6, 6.07) is 16.2. The number of ether oxygens (including phenoxy) is 1. The van der Waals surface area contributed by atoms with Crippen molar-refractivity contribution in [1.82, 2.24) is 0 Å². The monoisotopic (exact) mass is 403 g/mol. The van der Waals surface area contributed by atoms with Crippen LogP contribution in [0.1, 0.15) is 42.2 Å². The van der Waals surface area contributed by atoms with Crippen LogP contribution in [0.25, 0.3) is 0 Å². The maximum absolute atomic E-state index is 13.6. The average Bonchev–Trinajstić information content (AvgIpc) is 2.76. The van der Waals surface area contributed by atoms with Crippen molar-refractivity contribution in [3.05, 3.63) is 100 Å². The molecule has 3 aromatic carbocycles. The third-order valence-corrected chi connectivity index (χ3v) is 4.65. The summed E-state index contributed by atoms with van der Waals surface area (Å²) < 4.78 is 18.5. The van der Waals surface area contributed by atoms with E-state index in [9.17, 15) is 23.6 Å². The number of halogens is 1. The molecule has 148 valence electrons. The lowest BCUT2D eigenvalue weighted by Crippen LogP contribution is -2.26. The fourth-order valence-corrected chi connectivity index (χ4v) is 3.27. The molecule has 0 saturated carbocycles. The van der Waals surface area contributed by atoms with Crippen molar-refractivity contribution >= 4 is 29.1 Å². The molecule has 3 aromatic rings. The molecule has 0 heterocycles. The number of carbonyl (C=O) groups excluding carboxylic acids is 4. The molecule has 4 rings (SSSR count). The van der Waals surface area contributed by atoms with E-state index in [2.05, 4.69) is 5.32 Å². The van der Waals surface area contributed by atoms with Gasteiger partial charge in [0, 0.05) is 16.7 Å². The summed E-state index contributed by atoms with van der Waals surface area (Å²) >= 11 is 0. The topological polar surface area (TPSA) is 89.5 Å². The molecule has 6 nitrogen and oxygen atoms in total. The van der Waals surface area contributed by atoms with Crippen molar-refractivity contribution in [3.63, 3.8) is 0 Å². The second-order valence-corrected chi connectivity index (χ2v) is 6.54. The average molecular weight is 403 g/mol. The lowest BCUT2D eigenvalue weighted by atomic mass is 9.83. The van der Waals surface area contributed by atoms with Gasteiger partial charge in [0.1, 0.15) is 5.82 Å². The Morgan fingerprint density at radius 1 is 0.800 bits per heavy atom. The molecule has 30 heavy (non-hydrogen) atoms. The molecule has 0 aromatic heterocycles. The summed E-state index contributed by atoms with van der Waals surface area (Å²) in [6.07, 6.45) is 0. The number of hydrogen-bond donors (Lipinski definition) is 1. The highest BCUT2D eigenvalue weighted by Gasteiger charge is 2.31. The van der Waals surface area contributed by atoms with Gasteiger partial charge in [-0.15, -0.1) is 0 Å². The largest absolute Gasteiger partial charge is 0.452 e. The molecule has 0 bridgehead atoms. The Hall–Kier alpha value is -4.13. The number of rotatable bonds is 4. The predicted molar refractivity (Wildman–Crippen MR) is 105 cm³/mol. The molecular weight excluding hydrogens is 389 g/mol. The van der Waals surface area contributed by atoms with Gasteiger partial charge in [0.25, 0.3) is 5.91 Å². The lowest BCUT2D eigenvalue weighted by molar-refractivity contribution is -0.119. The van der Waals surface area contributed by atoms with Gasteiger partial charge in [-0.05, 0) is 18.2 Å². The molecule has 1 N–H and O–H groups in total. The normalized spacial score (nSPS) is 12.0. The van der Waals surface area contributed by atoms with Crippen molar-refractivity contribution < 1.29 is 28.3 Å². The van der Waals surface area contributed by atoms with Gasteiger partial charge in [-0.2, -0.15) is 0 Å². The number of esters is 1. The first-order valence-electron chi connectivity index (χ1n) is 9.00. The molecule has 1 amide bonds. The van der Waals surface area contributed by atoms with E-state index in [4.69, 9.17) is 4.74 Å². The highest BCUT2D eigenvalue weighted by Crippen LogP contribution is 2.31. The predicted octanol–water partition coefficient (Wildman–Crippen LogP) is 3.40. The van der Waals surface area contributed by atoms with E-state index in [0.29, 0.717) is 5.56 Å². The maximum Gasteiger partial charge on any atom is 0.341 e. The van der Waals surface area contributed by atoms with Crippen LogP contribution in [0.4, 0.5) is 10.1 Å². The summed E-state index contributed by atoms with van der Waals surface area (Å²) in [5, 5.41) is 2.49. The molecule has 0 aliphatic heterocycles. The number of fused-ring (bicyclic) bond motifs is 2. The number of amides is 1. The first-order chi connectivity index (χ1) is 14.5. The molecule has 0 unspecified atom stereocenters. The molecule has 0 radical (unpaired) electrons. The van der Waals surface area contributed by atoms with E-state index in [1.807, 2.05) is 0 Å². The number of hydrogen-bond acceptors (Lipinski definition) is 5. The van der Waals surface area contributed by atoms with Crippen LogP contribution in [0.15, 0.2) is 66.7 Å². The Labute approximate surface area is 170 Å². The van der Waals surface area contributed by atoms with Crippen molar-refractivity contribution in [2.75, 3.05) is 11.9 Å². The van der Waals surface area contributed by atoms with Crippen LogP contribution in [-0.4, -0.2) is 30.0 Å². The van der Waals surface area contributed by atoms with E-state index >= 15 is 0 Å². The van der Waals surface area contributed by atoms with E-state index in [0.717, 1.165) is 6.07 Å². The molecule has 1 aliphatic rings. The first kappa shape index (κ1) is 19.2. The molecule has 1 aliphatic carbocycles. The van der Waals surface area contributed by atoms with Crippen LogP contribution in [0.3, 0.4) is 0 Å². The van der Waals surface area contributed by atoms with E-state index in [1.54, 1.807) is 30.3 Å². The van der Waals surface area contributed by atoms with E-state index in [-0.39, 0.29) is 39.5 Å². The fraction of sp³-hybridized carbons (Fsp3) is 0.0435. The van der Waals surface area contributed by atoms with Crippen LogP contribution < -0.4 is 5.32 Å². The van der Waals surface area contributed by atoms with E-state index < -0.39 is 24.3 Å². The van der Waals surface area contributed by atoms with Gasteiger partial charge in [0.05, 0.1) is 16.8 Å². The van der Waals surface area contributed by atoms with Gasteiger partial charge in [-0.3, -0.25) is 14.4 Å². The first-order valence-corrected chi connectivity index (χ1v) is 9.00. The second-order valence-electron chi connectivity index (χ2n) is 6.54. The summed E-state index contributed by atoms with van der Waals surface area (Å²) in [5.41, 5.74) is 0.655. The molecule has 7 heteroatoms. The zero-order valence-electron chi connectivity index (χ0n) is 15.5. The smallest absolute Gasteiger partial charge is 0.341 e. The zero-order chi connectivity index (χ0) is 21.3. The number of nitrogens with one attached hydrogen (secondary N) is 1. The zero-order valence-corrected chi connectivity index (χ0v) is 15.5. The highest BCUT2D eigenvalue weighted by molar-refractivity contribution is 6.30. The van der Waals surface area contributed by atoms with Gasteiger partial charge in [-0.1, -0.05) is 48.5 Å². The van der Waals surface area contributed by atoms with Crippen molar-refractivity contribution in [1.29, 1.82) is 0 Å². The highest BCUT2D eigenvalue weighted by atomic mass is 19.1. The molecule has 0 atom stereocenters. The van der Waals surface area contributed by atoms with Crippen LogP contribution in [0.5, 0.6) is 0 Å². The summed E-state index contributed by atoms with van der Waals surface area (Å²) in [5.74, 6) is -3.18. The van der Waals surface area contributed by atoms with Crippen LogP contribution in [0.2, 0.25) is 0 Å². The second kappa shape index (κ2) is 7.71. The van der Waals surface area contributed by atoms with Gasteiger partial charge in [-0.25, -0.2) is 9.18 Å². The number of carbonyl (C=O) groups is 4. The Balaban J connectivity index is 1.53. The van der Waals surface area contributed by atoms with Crippen LogP contribution in [-0.2, 0) is 9.53 Å².